The molecule has 4 heteroatoms. The Hall–Kier alpha value is -0.880. The van der Waals surface area contributed by atoms with Gasteiger partial charge in [0, 0.05) is 14.1 Å². The van der Waals surface area contributed by atoms with Crippen LogP contribution in [0.25, 0.3) is 0 Å². The van der Waals surface area contributed by atoms with E-state index in [1.807, 2.05) is 43.3 Å². The van der Waals surface area contributed by atoms with Crippen LogP contribution in [0, 0.1) is 3.57 Å². The fourth-order valence-corrected chi connectivity index (χ4v) is 2.93. The van der Waals surface area contributed by atoms with E-state index in [2.05, 4.69) is 56.0 Å². The van der Waals surface area contributed by atoms with E-state index in [-0.39, 0.29) is 11.9 Å². The maximum Gasteiger partial charge on any atom is 0.252 e. The molecule has 2 nitrogen and oxygen atoms in total. The van der Waals surface area contributed by atoms with Gasteiger partial charge in [0.2, 0.25) is 0 Å². The van der Waals surface area contributed by atoms with Gasteiger partial charge in [0.05, 0.1) is 5.56 Å². The molecule has 2 aromatic rings. The molecule has 1 N–H and O–H groups in total. The number of carbonyl (C=O) groups is 1. The van der Waals surface area contributed by atoms with Gasteiger partial charge in [0.15, 0.2) is 0 Å². The number of hydrogen-bond acceptors (Lipinski definition) is 1. The third-order valence-electron chi connectivity index (χ3n) is 2.94. The Kier molecular flexibility index (Phi) is 5.60. The molecule has 2 rings (SSSR count). The van der Waals surface area contributed by atoms with Gasteiger partial charge in [-0.1, -0.05) is 46.3 Å². The van der Waals surface area contributed by atoms with Crippen molar-refractivity contribution in [3.8, 4) is 0 Å². The summed E-state index contributed by atoms with van der Waals surface area (Å²) >= 11 is 5.58. The van der Waals surface area contributed by atoms with Crippen molar-refractivity contribution in [1.82, 2.24) is 5.32 Å². The van der Waals surface area contributed by atoms with Crippen molar-refractivity contribution in [2.24, 2.45) is 0 Å². The van der Waals surface area contributed by atoms with Crippen molar-refractivity contribution in [2.75, 3.05) is 0 Å². The standard InChI is InChI=1S/C16H15BrINO/c1-11(9-12-5-3-2-4-6-12)19-16(20)14-10-13(17)7-8-15(14)18/h2-8,10-11H,9H2,1H3,(H,19,20). The fraction of sp³-hybridized carbons (Fsp3) is 0.188. The van der Waals surface area contributed by atoms with Gasteiger partial charge in [-0.25, -0.2) is 0 Å². The summed E-state index contributed by atoms with van der Waals surface area (Å²) in [5.41, 5.74) is 1.93. The fourth-order valence-electron chi connectivity index (χ4n) is 1.99. The Morgan fingerprint density at radius 2 is 1.95 bits per heavy atom. The third-order valence-corrected chi connectivity index (χ3v) is 4.37. The van der Waals surface area contributed by atoms with E-state index in [1.165, 1.54) is 5.56 Å². The topological polar surface area (TPSA) is 29.1 Å². The van der Waals surface area contributed by atoms with Crippen molar-refractivity contribution in [3.05, 3.63) is 67.7 Å². The highest BCUT2D eigenvalue weighted by atomic mass is 127. The maximum absolute atomic E-state index is 12.3. The molecular formula is C16H15BrINO. The van der Waals surface area contributed by atoms with E-state index in [9.17, 15) is 4.79 Å². The van der Waals surface area contributed by atoms with Crippen LogP contribution in [0.5, 0.6) is 0 Å². The Bertz CT molecular complexity index is 601. The summed E-state index contributed by atoms with van der Waals surface area (Å²) in [6.45, 7) is 2.02. The monoisotopic (exact) mass is 443 g/mol. The van der Waals surface area contributed by atoms with Gasteiger partial charge < -0.3 is 5.32 Å². The van der Waals surface area contributed by atoms with Crippen LogP contribution in [-0.4, -0.2) is 11.9 Å². The molecule has 0 radical (unpaired) electrons. The first-order valence-corrected chi connectivity index (χ1v) is 8.23. The van der Waals surface area contributed by atoms with E-state index in [4.69, 9.17) is 0 Å². The molecule has 0 spiro atoms. The summed E-state index contributed by atoms with van der Waals surface area (Å²) in [5.74, 6) is -0.0286. The highest BCUT2D eigenvalue weighted by Gasteiger charge is 2.13. The van der Waals surface area contributed by atoms with E-state index >= 15 is 0 Å². The summed E-state index contributed by atoms with van der Waals surface area (Å²) in [6.07, 6.45) is 0.831. The first-order chi connectivity index (χ1) is 9.56. The molecule has 0 heterocycles. The average molecular weight is 444 g/mol. The Morgan fingerprint density at radius 1 is 1.25 bits per heavy atom. The van der Waals surface area contributed by atoms with Gasteiger partial charge in [0.1, 0.15) is 0 Å². The summed E-state index contributed by atoms with van der Waals surface area (Å²) in [5, 5.41) is 3.05. The highest BCUT2D eigenvalue weighted by Crippen LogP contribution is 2.18. The van der Waals surface area contributed by atoms with Crippen LogP contribution in [0.2, 0.25) is 0 Å². The minimum Gasteiger partial charge on any atom is -0.349 e. The molecule has 0 saturated heterocycles. The number of halogens is 2. The Labute approximate surface area is 141 Å². The van der Waals surface area contributed by atoms with Gasteiger partial charge in [-0.3, -0.25) is 4.79 Å². The average Bonchev–Trinajstić information content (AvgIpc) is 2.42. The van der Waals surface area contributed by atoms with Gasteiger partial charge in [-0.05, 0) is 59.7 Å². The van der Waals surface area contributed by atoms with Crippen LogP contribution in [0.15, 0.2) is 53.0 Å². The minimum absolute atomic E-state index is 0.0286. The van der Waals surface area contributed by atoms with Crippen LogP contribution in [-0.2, 0) is 6.42 Å². The van der Waals surface area contributed by atoms with Crippen LogP contribution < -0.4 is 5.32 Å². The lowest BCUT2D eigenvalue weighted by Crippen LogP contribution is -2.34. The molecule has 0 aliphatic carbocycles. The molecule has 2 aromatic carbocycles. The highest BCUT2D eigenvalue weighted by molar-refractivity contribution is 14.1. The molecule has 1 unspecified atom stereocenters. The predicted molar refractivity (Wildman–Crippen MR) is 93.9 cm³/mol. The second kappa shape index (κ2) is 7.22. The summed E-state index contributed by atoms with van der Waals surface area (Å²) in [6, 6.07) is 16.0. The zero-order valence-corrected chi connectivity index (χ0v) is 14.8. The van der Waals surface area contributed by atoms with Crippen LogP contribution >= 0.6 is 38.5 Å². The molecule has 20 heavy (non-hydrogen) atoms. The zero-order chi connectivity index (χ0) is 14.5. The quantitative estimate of drug-likeness (QED) is 0.696. The van der Waals surface area contributed by atoms with Crippen molar-refractivity contribution in [2.45, 2.75) is 19.4 Å². The molecule has 0 aromatic heterocycles. The Balaban J connectivity index is 2.02. The number of hydrogen-bond donors (Lipinski definition) is 1. The second-order valence-electron chi connectivity index (χ2n) is 4.69. The van der Waals surface area contributed by atoms with Crippen LogP contribution in [0.4, 0.5) is 0 Å². The number of nitrogens with one attached hydrogen (secondary N) is 1. The molecule has 0 aliphatic rings. The molecule has 0 fully saturated rings. The van der Waals surface area contributed by atoms with Gasteiger partial charge in [-0.15, -0.1) is 0 Å². The number of benzene rings is 2. The lowest BCUT2D eigenvalue weighted by atomic mass is 10.1. The first-order valence-electron chi connectivity index (χ1n) is 6.36. The molecule has 1 amide bonds. The number of rotatable bonds is 4. The lowest BCUT2D eigenvalue weighted by molar-refractivity contribution is 0.0939. The van der Waals surface area contributed by atoms with E-state index in [0.29, 0.717) is 5.56 Å². The zero-order valence-electron chi connectivity index (χ0n) is 11.1. The van der Waals surface area contributed by atoms with E-state index in [0.717, 1.165) is 14.5 Å². The predicted octanol–water partition coefficient (Wildman–Crippen LogP) is 4.41. The number of carbonyl (C=O) groups excluding carboxylic acids is 1. The van der Waals surface area contributed by atoms with Crippen molar-refractivity contribution in [3.63, 3.8) is 0 Å². The smallest absolute Gasteiger partial charge is 0.252 e. The van der Waals surface area contributed by atoms with Crippen molar-refractivity contribution < 1.29 is 4.79 Å². The molecule has 0 saturated carbocycles. The molecular weight excluding hydrogens is 429 g/mol. The maximum atomic E-state index is 12.3. The molecule has 104 valence electrons. The second-order valence-corrected chi connectivity index (χ2v) is 6.77. The molecule has 1 atom stereocenters. The normalized spacial score (nSPS) is 11.9. The van der Waals surface area contributed by atoms with Crippen molar-refractivity contribution >= 4 is 44.4 Å². The molecule has 0 bridgehead atoms. The van der Waals surface area contributed by atoms with Crippen LogP contribution in [0.1, 0.15) is 22.8 Å². The largest absolute Gasteiger partial charge is 0.349 e. The van der Waals surface area contributed by atoms with Gasteiger partial charge >= 0.3 is 0 Å². The van der Waals surface area contributed by atoms with Crippen LogP contribution in [0.3, 0.4) is 0 Å². The van der Waals surface area contributed by atoms with E-state index < -0.39 is 0 Å². The first kappa shape index (κ1) is 15.5. The third kappa shape index (κ3) is 4.31. The van der Waals surface area contributed by atoms with E-state index in [1.54, 1.807) is 0 Å². The lowest BCUT2D eigenvalue weighted by Gasteiger charge is -2.15. The van der Waals surface area contributed by atoms with Gasteiger partial charge in [0.25, 0.3) is 5.91 Å². The number of amides is 1. The summed E-state index contributed by atoms with van der Waals surface area (Å²) in [4.78, 5) is 12.3. The minimum atomic E-state index is -0.0286. The van der Waals surface area contributed by atoms with Gasteiger partial charge in [-0.2, -0.15) is 0 Å². The SMILES string of the molecule is CC(Cc1ccccc1)NC(=O)c1cc(Br)ccc1I. The summed E-state index contributed by atoms with van der Waals surface area (Å²) < 4.78 is 1.87. The molecule has 0 aliphatic heterocycles. The summed E-state index contributed by atoms with van der Waals surface area (Å²) in [7, 11) is 0. The van der Waals surface area contributed by atoms with Crippen molar-refractivity contribution in [1.29, 1.82) is 0 Å². The Morgan fingerprint density at radius 3 is 2.65 bits per heavy atom.